The Labute approximate surface area is 89.7 Å². The van der Waals surface area contributed by atoms with Crippen LogP contribution >= 0.6 is 0 Å². The SMILES string of the molecule is CC(C)COc1ccc(CC(=O)O)cc1. The fourth-order valence-corrected chi connectivity index (χ4v) is 1.14. The van der Waals surface area contributed by atoms with Gasteiger partial charge in [0.15, 0.2) is 0 Å². The van der Waals surface area contributed by atoms with Crippen molar-refractivity contribution in [1.82, 2.24) is 0 Å². The van der Waals surface area contributed by atoms with Crippen LogP contribution < -0.4 is 4.74 Å². The lowest BCUT2D eigenvalue weighted by Gasteiger charge is -2.08. The molecule has 0 saturated carbocycles. The van der Waals surface area contributed by atoms with E-state index in [9.17, 15) is 4.79 Å². The summed E-state index contributed by atoms with van der Waals surface area (Å²) in [6, 6.07) is 7.18. The summed E-state index contributed by atoms with van der Waals surface area (Å²) in [6.45, 7) is 4.84. The number of ether oxygens (including phenoxy) is 1. The molecule has 3 heteroatoms. The normalized spacial score (nSPS) is 10.3. The van der Waals surface area contributed by atoms with E-state index in [4.69, 9.17) is 9.84 Å². The summed E-state index contributed by atoms with van der Waals surface area (Å²) in [7, 11) is 0. The number of benzene rings is 1. The van der Waals surface area contributed by atoms with Crippen molar-refractivity contribution in [2.75, 3.05) is 6.61 Å². The van der Waals surface area contributed by atoms with E-state index in [1.165, 1.54) is 0 Å². The minimum atomic E-state index is -0.814. The van der Waals surface area contributed by atoms with Gasteiger partial charge in [-0.3, -0.25) is 4.79 Å². The van der Waals surface area contributed by atoms with Crippen LogP contribution in [0, 0.1) is 5.92 Å². The Balaban J connectivity index is 2.52. The lowest BCUT2D eigenvalue weighted by Crippen LogP contribution is -2.04. The highest BCUT2D eigenvalue weighted by Crippen LogP contribution is 2.13. The largest absolute Gasteiger partial charge is 0.493 e. The van der Waals surface area contributed by atoms with Crippen LogP contribution in [0.4, 0.5) is 0 Å². The molecule has 1 aromatic rings. The van der Waals surface area contributed by atoms with Gasteiger partial charge < -0.3 is 9.84 Å². The maximum absolute atomic E-state index is 10.4. The number of carbonyl (C=O) groups is 1. The zero-order valence-electron chi connectivity index (χ0n) is 9.06. The Morgan fingerprint density at radius 1 is 1.33 bits per heavy atom. The highest BCUT2D eigenvalue weighted by atomic mass is 16.5. The van der Waals surface area contributed by atoms with Gasteiger partial charge in [-0.1, -0.05) is 26.0 Å². The van der Waals surface area contributed by atoms with Gasteiger partial charge in [-0.05, 0) is 23.6 Å². The van der Waals surface area contributed by atoms with Gasteiger partial charge in [0, 0.05) is 0 Å². The molecule has 0 atom stereocenters. The first-order valence-corrected chi connectivity index (χ1v) is 5.01. The standard InChI is InChI=1S/C12H16O3/c1-9(2)8-15-11-5-3-10(4-6-11)7-12(13)14/h3-6,9H,7-8H2,1-2H3,(H,13,14). The molecule has 1 aromatic carbocycles. The molecule has 0 amide bonds. The van der Waals surface area contributed by atoms with Crippen LogP contribution in [0.15, 0.2) is 24.3 Å². The molecular weight excluding hydrogens is 192 g/mol. The van der Waals surface area contributed by atoms with Crippen LogP contribution in [0.1, 0.15) is 19.4 Å². The molecule has 82 valence electrons. The minimum Gasteiger partial charge on any atom is -0.493 e. The third-order valence-corrected chi connectivity index (χ3v) is 1.86. The molecule has 0 spiro atoms. The molecule has 0 aliphatic rings. The second-order valence-electron chi connectivity index (χ2n) is 3.92. The molecular formula is C12H16O3. The topological polar surface area (TPSA) is 46.5 Å². The smallest absolute Gasteiger partial charge is 0.307 e. The van der Waals surface area contributed by atoms with Gasteiger partial charge in [-0.25, -0.2) is 0 Å². The van der Waals surface area contributed by atoms with Gasteiger partial charge in [0.2, 0.25) is 0 Å². The fraction of sp³-hybridized carbons (Fsp3) is 0.417. The molecule has 0 unspecified atom stereocenters. The molecule has 0 saturated heterocycles. The number of hydrogen-bond acceptors (Lipinski definition) is 2. The van der Waals surface area contributed by atoms with Crippen LogP contribution in [0.2, 0.25) is 0 Å². The van der Waals surface area contributed by atoms with Gasteiger partial charge in [0.25, 0.3) is 0 Å². The molecule has 0 bridgehead atoms. The average Bonchev–Trinajstić information content (AvgIpc) is 2.16. The summed E-state index contributed by atoms with van der Waals surface area (Å²) < 4.78 is 5.48. The van der Waals surface area contributed by atoms with Crippen LogP contribution in [-0.2, 0) is 11.2 Å². The van der Waals surface area contributed by atoms with Crippen LogP contribution in [-0.4, -0.2) is 17.7 Å². The van der Waals surface area contributed by atoms with Crippen molar-refractivity contribution in [3.63, 3.8) is 0 Å². The second kappa shape index (κ2) is 5.39. The Hall–Kier alpha value is -1.51. The van der Waals surface area contributed by atoms with E-state index in [2.05, 4.69) is 13.8 Å². The van der Waals surface area contributed by atoms with Crippen molar-refractivity contribution < 1.29 is 14.6 Å². The number of hydrogen-bond donors (Lipinski definition) is 1. The maximum Gasteiger partial charge on any atom is 0.307 e. The second-order valence-corrected chi connectivity index (χ2v) is 3.92. The van der Waals surface area contributed by atoms with E-state index in [0.717, 1.165) is 11.3 Å². The average molecular weight is 208 g/mol. The maximum atomic E-state index is 10.4. The van der Waals surface area contributed by atoms with Crippen molar-refractivity contribution in [3.8, 4) is 5.75 Å². The molecule has 15 heavy (non-hydrogen) atoms. The van der Waals surface area contributed by atoms with Crippen molar-refractivity contribution in [1.29, 1.82) is 0 Å². The first-order chi connectivity index (χ1) is 7.08. The van der Waals surface area contributed by atoms with Crippen LogP contribution in [0.5, 0.6) is 5.75 Å². The van der Waals surface area contributed by atoms with Gasteiger partial charge in [-0.2, -0.15) is 0 Å². The predicted molar refractivity (Wildman–Crippen MR) is 58.1 cm³/mol. The molecule has 1 N–H and O–H groups in total. The van der Waals surface area contributed by atoms with E-state index in [0.29, 0.717) is 12.5 Å². The Morgan fingerprint density at radius 2 is 1.93 bits per heavy atom. The summed E-state index contributed by atoms with van der Waals surface area (Å²) >= 11 is 0. The summed E-state index contributed by atoms with van der Waals surface area (Å²) in [5.41, 5.74) is 0.791. The number of rotatable bonds is 5. The molecule has 3 nitrogen and oxygen atoms in total. The third-order valence-electron chi connectivity index (χ3n) is 1.86. The van der Waals surface area contributed by atoms with Crippen molar-refractivity contribution in [3.05, 3.63) is 29.8 Å². The van der Waals surface area contributed by atoms with Crippen molar-refractivity contribution >= 4 is 5.97 Å². The highest BCUT2D eigenvalue weighted by molar-refractivity contribution is 5.70. The zero-order chi connectivity index (χ0) is 11.3. The number of aliphatic carboxylic acids is 1. The number of carboxylic acid groups (broad SMARTS) is 1. The van der Waals surface area contributed by atoms with E-state index in [1.807, 2.05) is 0 Å². The zero-order valence-corrected chi connectivity index (χ0v) is 9.06. The van der Waals surface area contributed by atoms with Gasteiger partial charge >= 0.3 is 5.97 Å². The van der Waals surface area contributed by atoms with Gasteiger partial charge in [-0.15, -0.1) is 0 Å². The lowest BCUT2D eigenvalue weighted by atomic mass is 10.1. The molecule has 0 fully saturated rings. The van der Waals surface area contributed by atoms with Crippen molar-refractivity contribution in [2.45, 2.75) is 20.3 Å². The monoisotopic (exact) mass is 208 g/mol. The van der Waals surface area contributed by atoms with E-state index in [1.54, 1.807) is 24.3 Å². The van der Waals surface area contributed by atoms with Gasteiger partial charge in [0.05, 0.1) is 13.0 Å². The highest BCUT2D eigenvalue weighted by Gasteiger charge is 2.01. The first kappa shape index (κ1) is 11.6. The Kier molecular flexibility index (Phi) is 4.16. The van der Waals surface area contributed by atoms with Crippen molar-refractivity contribution in [2.24, 2.45) is 5.92 Å². The van der Waals surface area contributed by atoms with Crippen LogP contribution in [0.25, 0.3) is 0 Å². The molecule has 0 heterocycles. The van der Waals surface area contributed by atoms with Crippen LogP contribution in [0.3, 0.4) is 0 Å². The Morgan fingerprint density at radius 3 is 2.40 bits per heavy atom. The molecule has 0 aliphatic carbocycles. The number of carboxylic acids is 1. The van der Waals surface area contributed by atoms with E-state index in [-0.39, 0.29) is 6.42 Å². The minimum absolute atomic E-state index is 0.0600. The van der Waals surface area contributed by atoms with E-state index < -0.39 is 5.97 Å². The summed E-state index contributed by atoms with van der Waals surface area (Å²) in [6.07, 6.45) is 0.0600. The summed E-state index contributed by atoms with van der Waals surface area (Å²) in [5.74, 6) is 0.465. The Bertz CT molecular complexity index is 314. The summed E-state index contributed by atoms with van der Waals surface area (Å²) in [5, 5.41) is 8.58. The summed E-state index contributed by atoms with van der Waals surface area (Å²) in [4.78, 5) is 10.4. The predicted octanol–water partition coefficient (Wildman–Crippen LogP) is 2.35. The van der Waals surface area contributed by atoms with Gasteiger partial charge in [0.1, 0.15) is 5.75 Å². The fourth-order valence-electron chi connectivity index (χ4n) is 1.14. The third kappa shape index (κ3) is 4.49. The lowest BCUT2D eigenvalue weighted by molar-refractivity contribution is -0.136. The molecule has 0 aliphatic heterocycles. The molecule has 1 rings (SSSR count). The quantitative estimate of drug-likeness (QED) is 0.807. The molecule has 0 aromatic heterocycles. The van der Waals surface area contributed by atoms with E-state index >= 15 is 0 Å². The molecule has 0 radical (unpaired) electrons. The first-order valence-electron chi connectivity index (χ1n) is 5.01.